The van der Waals surface area contributed by atoms with Crippen LogP contribution in [0.2, 0.25) is 0 Å². The van der Waals surface area contributed by atoms with E-state index in [1.54, 1.807) is 18.2 Å². The number of nitrogens with zero attached hydrogens (tertiary/aromatic N) is 2. The number of likely N-dealkylation sites (N-methyl/N-ethyl adjacent to an activating group) is 1. The number of para-hydroxylation sites is 1. The Morgan fingerprint density at radius 1 is 1.17 bits per heavy atom. The van der Waals surface area contributed by atoms with Crippen molar-refractivity contribution < 1.29 is 22.7 Å². The molecule has 2 heterocycles. The molecule has 0 bridgehead atoms. The lowest BCUT2D eigenvalue weighted by Gasteiger charge is -2.23. The number of carbonyl (C=O) groups is 2. The summed E-state index contributed by atoms with van der Waals surface area (Å²) in [5.74, 6) is -1.03. The first-order chi connectivity index (χ1) is 14.3. The summed E-state index contributed by atoms with van der Waals surface area (Å²) >= 11 is 1.48. The van der Waals surface area contributed by atoms with Gasteiger partial charge in [-0.15, -0.1) is 11.3 Å². The van der Waals surface area contributed by atoms with Gasteiger partial charge in [-0.2, -0.15) is 0 Å². The summed E-state index contributed by atoms with van der Waals surface area (Å²) in [4.78, 5) is 31.0. The zero-order valence-electron chi connectivity index (χ0n) is 16.3. The number of ether oxygens (including phenoxy) is 1. The largest absolute Gasteiger partial charge is 0.452 e. The Hall–Kier alpha value is -2.78. The van der Waals surface area contributed by atoms with Gasteiger partial charge in [0.1, 0.15) is 5.01 Å². The standard InChI is InChI=1S/C21H20N2O5S2/c1-23(14-10-11-30(26,27)13-14)19(24)12-28-21(25)16-7-3-2-6-15(16)20-22-17-8-4-5-9-18(17)29-20/h2-9,14H,10-13H2,1H3/t14-/m0/s1. The van der Waals surface area contributed by atoms with Crippen molar-refractivity contribution in [2.24, 2.45) is 0 Å². The predicted octanol–water partition coefficient (Wildman–Crippen LogP) is 2.77. The molecule has 0 aliphatic carbocycles. The smallest absolute Gasteiger partial charge is 0.339 e. The third-order valence-corrected chi connectivity index (χ3v) is 7.97. The minimum Gasteiger partial charge on any atom is -0.452 e. The lowest BCUT2D eigenvalue weighted by molar-refractivity contribution is -0.134. The van der Waals surface area contributed by atoms with Crippen LogP contribution in [0, 0.1) is 0 Å². The molecule has 156 valence electrons. The van der Waals surface area contributed by atoms with E-state index >= 15 is 0 Å². The van der Waals surface area contributed by atoms with E-state index in [1.165, 1.54) is 23.3 Å². The van der Waals surface area contributed by atoms with Crippen molar-refractivity contribution in [1.29, 1.82) is 0 Å². The molecule has 0 spiro atoms. The van der Waals surface area contributed by atoms with Gasteiger partial charge < -0.3 is 9.64 Å². The van der Waals surface area contributed by atoms with Gasteiger partial charge in [0.05, 0.1) is 27.3 Å². The second kappa shape index (κ2) is 8.16. The first kappa shape index (κ1) is 20.5. The van der Waals surface area contributed by atoms with E-state index in [-0.39, 0.29) is 17.5 Å². The second-order valence-corrected chi connectivity index (χ2v) is 10.4. The van der Waals surface area contributed by atoms with Crippen LogP contribution in [0.3, 0.4) is 0 Å². The maximum atomic E-state index is 12.7. The number of thiazole rings is 1. The molecule has 0 saturated carbocycles. The number of benzene rings is 2. The average Bonchev–Trinajstić information content (AvgIpc) is 3.34. The predicted molar refractivity (Wildman–Crippen MR) is 115 cm³/mol. The highest BCUT2D eigenvalue weighted by molar-refractivity contribution is 7.91. The van der Waals surface area contributed by atoms with E-state index in [0.29, 0.717) is 22.6 Å². The summed E-state index contributed by atoms with van der Waals surface area (Å²) in [6.45, 7) is -0.444. The van der Waals surface area contributed by atoms with E-state index in [0.717, 1.165) is 10.2 Å². The van der Waals surface area contributed by atoms with Gasteiger partial charge in [0, 0.05) is 18.7 Å². The van der Waals surface area contributed by atoms with Crippen LogP contribution < -0.4 is 0 Å². The molecule has 0 N–H and O–H groups in total. The quantitative estimate of drug-likeness (QED) is 0.562. The van der Waals surface area contributed by atoms with Crippen LogP contribution >= 0.6 is 11.3 Å². The Kier molecular flexibility index (Phi) is 5.57. The van der Waals surface area contributed by atoms with Gasteiger partial charge in [0.15, 0.2) is 16.4 Å². The Balaban J connectivity index is 1.47. The third kappa shape index (κ3) is 4.22. The Morgan fingerprint density at radius 2 is 1.90 bits per heavy atom. The highest BCUT2D eigenvalue weighted by atomic mass is 32.2. The first-order valence-corrected chi connectivity index (χ1v) is 12.1. The van der Waals surface area contributed by atoms with Crippen molar-refractivity contribution in [2.75, 3.05) is 25.2 Å². The summed E-state index contributed by atoms with van der Waals surface area (Å²) in [5, 5.41) is 0.698. The molecule has 2 aromatic carbocycles. The topological polar surface area (TPSA) is 93.6 Å². The fourth-order valence-electron chi connectivity index (χ4n) is 3.43. The maximum Gasteiger partial charge on any atom is 0.339 e. The van der Waals surface area contributed by atoms with Gasteiger partial charge in [0.25, 0.3) is 5.91 Å². The molecule has 0 unspecified atom stereocenters. The van der Waals surface area contributed by atoms with E-state index in [9.17, 15) is 18.0 Å². The minimum atomic E-state index is -3.10. The van der Waals surface area contributed by atoms with Crippen LogP contribution in [0.5, 0.6) is 0 Å². The normalized spacial score (nSPS) is 17.7. The van der Waals surface area contributed by atoms with E-state index in [2.05, 4.69) is 4.98 Å². The van der Waals surface area contributed by atoms with Gasteiger partial charge in [0.2, 0.25) is 0 Å². The van der Waals surface area contributed by atoms with Crippen LogP contribution in [0.25, 0.3) is 20.8 Å². The van der Waals surface area contributed by atoms with Crippen LogP contribution in [-0.2, 0) is 19.4 Å². The third-order valence-electron chi connectivity index (χ3n) is 5.15. The van der Waals surface area contributed by atoms with Gasteiger partial charge >= 0.3 is 5.97 Å². The molecule has 7 nitrogen and oxygen atoms in total. The number of carbonyl (C=O) groups excluding carboxylic acids is 2. The van der Waals surface area contributed by atoms with Crippen molar-refractivity contribution in [3.8, 4) is 10.6 Å². The molecule has 1 amide bonds. The molecule has 1 aliphatic heterocycles. The van der Waals surface area contributed by atoms with Crippen molar-refractivity contribution in [3.05, 3.63) is 54.1 Å². The van der Waals surface area contributed by atoms with Gasteiger partial charge in [-0.05, 0) is 24.6 Å². The zero-order chi connectivity index (χ0) is 21.3. The lowest BCUT2D eigenvalue weighted by atomic mass is 10.1. The molecule has 1 aromatic heterocycles. The average molecular weight is 445 g/mol. The number of amides is 1. The van der Waals surface area contributed by atoms with Gasteiger partial charge in [-0.25, -0.2) is 18.2 Å². The highest BCUT2D eigenvalue weighted by Gasteiger charge is 2.33. The number of esters is 1. The fraction of sp³-hybridized carbons (Fsp3) is 0.286. The number of hydrogen-bond donors (Lipinski definition) is 0. The lowest BCUT2D eigenvalue weighted by Crippen LogP contribution is -2.40. The van der Waals surface area contributed by atoms with E-state index in [4.69, 9.17) is 4.74 Å². The van der Waals surface area contributed by atoms with Crippen molar-refractivity contribution in [3.63, 3.8) is 0 Å². The summed E-state index contributed by atoms with van der Waals surface area (Å²) in [7, 11) is -1.56. The molecule has 1 fully saturated rings. The molecule has 30 heavy (non-hydrogen) atoms. The minimum absolute atomic E-state index is 0.0520. The summed E-state index contributed by atoms with van der Waals surface area (Å²) in [6, 6.07) is 14.3. The Labute approximate surface area is 178 Å². The van der Waals surface area contributed by atoms with Crippen LogP contribution in [-0.4, -0.2) is 61.4 Å². The van der Waals surface area contributed by atoms with Crippen molar-refractivity contribution in [2.45, 2.75) is 12.5 Å². The molecule has 3 aromatic rings. The number of aromatic nitrogens is 1. The molecule has 4 rings (SSSR count). The van der Waals surface area contributed by atoms with E-state index in [1.807, 2.05) is 30.3 Å². The molecular formula is C21H20N2O5S2. The molecule has 1 atom stereocenters. The summed E-state index contributed by atoms with van der Waals surface area (Å²) in [6.07, 6.45) is 0.402. The van der Waals surface area contributed by atoms with Crippen LogP contribution in [0.15, 0.2) is 48.5 Å². The monoisotopic (exact) mass is 444 g/mol. The molecular weight excluding hydrogens is 424 g/mol. The van der Waals surface area contributed by atoms with Crippen LogP contribution in [0.1, 0.15) is 16.8 Å². The zero-order valence-corrected chi connectivity index (χ0v) is 17.9. The molecule has 9 heteroatoms. The fourth-order valence-corrected chi connectivity index (χ4v) is 6.21. The van der Waals surface area contributed by atoms with Crippen molar-refractivity contribution in [1.82, 2.24) is 9.88 Å². The van der Waals surface area contributed by atoms with Gasteiger partial charge in [-0.3, -0.25) is 4.79 Å². The second-order valence-electron chi connectivity index (χ2n) is 7.17. The molecule has 1 saturated heterocycles. The maximum absolute atomic E-state index is 12.7. The number of sulfone groups is 1. The molecule has 1 aliphatic rings. The van der Waals surface area contributed by atoms with Crippen LogP contribution in [0.4, 0.5) is 0 Å². The number of rotatable bonds is 5. The highest BCUT2D eigenvalue weighted by Crippen LogP contribution is 2.32. The summed E-state index contributed by atoms with van der Waals surface area (Å²) in [5.41, 5.74) is 1.82. The number of hydrogen-bond acceptors (Lipinski definition) is 7. The SMILES string of the molecule is CN(C(=O)COC(=O)c1ccccc1-c1nc2ccccc2s1)[C@H]1CCS(=O)(=O)C1. The Morgan fingerprint density at radius 3 is 2.63 bits per heavy atom. The summed E-state index contributed by atoms with van der Waals surface area (Å²) < 4.78 is 29.5. The van der Waals surface area contributed by atoms with Gasteiger partial charge in [-0.1, -0.05) is 30.3 Å². The van der Waals surface area contributed by atoms with E-state index < -0.39 is 28.3 Å². The Bertz CT molecular complexity index is 1190. The molecule has 0 radical (unpaired) electrons. The van der Waals surface area contributed by atoms with Crippen molar-refractivity contribution >= 4 is 43.3 Å². The number of fused-ring (bicyclic) bond motifs is 1. The first-order valence-electron chi connectivity index (χ1n) is 9.42.